The molecule has 2 nitrogen and oxygen atoms in total. The van der Waals surface area contributed by atoms with E-state index in [9.17, 15) is 5.11 Å². The molecule has 0 radical (unpaired) electrons. The lowest BCUT2D eigenvalue weighted by Crippen LogP contribution is -2.30. The van der Waals surface area contributed by atoms with Gasteiger partial charge in [0.05, 0.1) is 12.6 Å². The zero-order valence-electron chi connectivity index (χ0n) is 8.80. The van der Waals surface area contributed by atoms with Crippen LogP contribution in [0.4, 0.5) is 0 Å². The number of nitrogens with one attached hydrogen (secondary N) is 1. The summed E-state index contributed by atoms with van der Waals surface area (Å²) in [5.41, 5.74) is 0.919. The normalized spacial score (nSPS) is 13.2. The van der Waals surface area contributed by atoms with Crippen molar-refractivity contribution in [2.24, 2.45) is 0 Å². The van der Waals surface area contributed by atoms with Crippen LogP contribution in [0, 0.1) is 0 Å². The molecule has 15 heavy (non-hydrogen) atoms. The van der Waals surface area contributed by atoms with Crippen LogP contribution < -0.4 is 5.32 Å². The molecule has 0 aliphatic heterocycles. The fourth-order valence-corrected chi connectivity index (χ4v) is 2.05. The van der Waals surface area contributed by atoms with Gasteiger partial charge in [0.1, 0.15) is 0 Å². The van der Waals surface area contributed by atoms with Gasteiger partial charge in [-0.2, -0.15) is 0 Å². The number of aliphatic hydroxyl groups excluding tert-OH is 1. The second-order valence-electron chi connectivity index (χ2n) is 3.72. The summed E-state index contributed by atoms with van der Waals surface area (Å²) >= 11 is 9.47. The fourth-order valence-electron chi connectivity index (χ4n) is 1.42. The molecule has 1 rings (SSSR count). The number of aliphatic hydroxyl groups is 1. The Morgan fingerprint density at radius 3 is 2.67 bits per heavy atom. The maximum Gasteiger partial charge on any atom is 0.0627 e. The lowest BCUT2D eigenvalue weighted by molar-refractivity contribution is 0.237. The standard InChI is InChI=1S/C11H15BrClNO/c1-7(2)14-11(6-15)9-5-8(12)3-4-10(9)13/h3-5,7,11,14-15H,6H2,1-2H3. The van der Waals surface area contributed by atoms with E-state index in [0.717, 1.165) is 10.0 Å². The summed E-state index contributed by atoms with van der Waals surface area (Å²) in [6, 6.07) is 5.83. The van der Waals surface area contributed by atoms with Crippen LogP contribution in [-0.2, 0) is 0 Å². The Morgan fingerprint density at radius 1 is 1.47 bits per heavy atom. The van der Waals surface area contributed by atoms with E-state index < -0.39 is 0 Å². The molecule has 0 aliphatic rings. The smallest absolute Gasteiger partial charge is 0.0627 e. The molecule has 84 valence electrons. The SMILES string of the molecule is CC(C)NC(CO)c1cc(Br)ccc1Cl. The molecule has 1 unspecified atom stereocenters. The van der Waals surface area contributed by atoms with Crippen LogP contribution in [0.2, 0.25) is 5.02 Å². The van der Waals surface area contributed by atoms with Gasteiger partial charge < -0.3 is 10.4 Å². The third-order valence-corrected chi connectivity index (χ3v) is 2.89. The van der Waals surface area contributed by atoms with Gasteiger partial charge in [-0.1, -0.05) is 41.4 Å². The first-order valence-electron chi connectivity index (χ1n) is 4.86. The minimum absolute atomic E-state index is 0.0361. The summed E-state index contributed by atoms with van der Waals surface area (Å²) in [5, 5.41) is 13.2. The summed E-state index contributed by atoms with van der Waals surface area (Å²) in [6.07, 6.45) is 0. The van der Waals surface area contributed by atoms with E-state index in [0.29, 0.717) is 11.1 Å². The highest BCUT2D eigenvalue weighted by atomic mass is 79.9. The molecule has 2 N–H and O–H groups in total. The van der Waals surface area contributed by atoms with E-state index >= 15 is 0 Å². The summed E-state index contributed by atoms with van der Waals surface area (Å²) in [4.78, 5) is 0. The average Bonchev–Trinajstić information content (AvgIpc) is 2.18. The van der Waals surface area contributed by atoms with E-state index in [1.165, 1.54) is 0 Å². The second-order valence-corrected chi connectivity index (χ2v) is 5.05. The molecule has 0 saturated carbocycles. The predicted octanol–water partition coefficient (Wildman–Crippen LogP) is 3.13. The minimum atomic E-state index is -0.116. The third kappa shape index (κ3) is 3.76. The molecule has 0 bridgehead atoms. The van der Waals surface area contributed by atoms with Crippen LogP contribution in [0.1, 0.15) is 25.5 Å². The molecule has 0 aromatic heterocycles. The van der Waals surface area contributed by atoms with E-state index in [4.69, 9.17) is 11.6 Å². The highest BCUT2D eigenvalue weighted by Gasteiger charge is 2.14. The Morgan fingerprint density at radius 2 is 2.13 bits per heavy atom. The number of benzene rings is 1. The van der Waals surface area contributed by atoms with Crippen molar-refractivity contribution in [3.8, 4) is 0 Å². The number of rotatable bonds is 4. The first-order valence-corrected chi connectivity index (χ1v) is 6.03. The highest BCUT2D eigenvalue weighted by molar-refractivity contribution is 9.10. The van der Waals surface area contributed by atoms with Crippen LogP contribution >= 0.6 is 27.5 Å². The molecule has 1 aromatic carbocycles. The van der Waals surface area contributed by atoms with Gasteiger partial charge in [-0.15, -0.1) is 0 Å². The molecule has 0 spiro atoms. The van der Waals surface area contributed by atoms with E-state index in [2.05, 4.69) is 21.2 Å². The highest BCUT2D eigenvalue weighted by Crippen LogP contribution is 2.26. The largest absolute Gasteiger partial charge is 0.394 e. The summed E-state index contributed by atoms with van der Waals surface area (Å²) in [5.74, 6) is 0. The third-order valence-electron chi connectivity index (χ3n) is 2.05. The van der Waals surface area contributed by atoms with Gasteiger partial charge in [0.25, 0.3) is 0 Å². The van der Waals surface area contributed by atoms with Crippen molar-refractivity contribution in [2.45, 2.75) is 25.9 Å². The van der Waals surface area contributed by atoms with E-state index in [1.807, 2.05) is 32.0 Å². The van der Waals surface area contributed by atoms with Gasteiger partial charge in [0, 0.05) is 15.5 Å². The Labute approximate surface area is 104 Å². The Balaban J connectivity index is 2.95. The van der Waals surface area contributed by atoms with Gasteiger partial charge >= 0.3 is 0 Å². The molecular weight excluding hydrogens is 277 g/mol. The summed E-state index contributed by atoms with van der Waals surface area (Å²) in [6.45, 7) is 4.11. The molecule has 0 fully saturated rings. The summed E-state index contributed by atoms with van der Waals surface area (Å²) < 4.78 is 0.964. The van der Waals surface area contributed by atoms with Crippen molar-refractivity contribution >= 4 is 27.5 Å². The lowest BCUT2D eigenvalue weighted by atomic mass is 10.1. The first-order chi connectivity index (χ1) is 7.04. The van der Waals surface area contributed by atoms with Crippen LogP contribution in [-0.4, -0.2) is 17.8 Å². The van der Waals surface area contributed by atoms with Crippen LogP contribution in [0.5, 0.6) is 0 Å². The minimum Gasteiger partial charge on any atom is -0.394 e. The zero-order chi connectivity index (χ0) is 11.4. The van der Waals surface area contributed by atoms with Gasteiger partial charge in [-0.05, 0) is 23.8 Å². The van der Waals surface area contributed by atoms with Crippen molar-refractivity contribution in [3.05, 3.63) is 33.3 Å². The molecule has 0 saturated heterocycles. The second kappa shape index (κ2) is 5.85. The van der Waals surface area contributed by atoms with Crippen molar-refractivity contribution in [2.75, 3.05) is 6.61 Å². The van der Waals surface area contributed by atoms with Crippen molar-refractivity contribution in [3.63, 3.8) is 0 Å². The average molecular weight is 293 g/mol. The number of hydrogen-bond donors (Lipinski definition) is 2. The maximum atomic E-state index is 9.31. The molecule has 1 aromatic rings. The quantitative estimate of drug-likeness (QED) is 0.893. The van der Waals surface area contributed by atoms with Crippen molar-refractivity contribution in [1.29, 1.82) is 0 Å². The Kier molecular flexibility index (Phi) is 5.06. The topological polar surface area (TPSA) is 32.3 Å². The molecule has 0 aliphatic carbocycles. The molecule has 0 amide bonds. The lowest BCUT2D eigenvalue weighted by Gasteiger charge is -2.20. The number of halogens is 2. The molecule has 1 atom stereocenters. The predicted molar refractivity (Wildman–Crippen MR) is 67.3 cm³/mol. The van der Waals surface area contributed by atoms with Crippen LogP contribution in [0.25, 0.3) is 0 Å². The first kappa shape index (κ1) is 13.0. The van der Waals surface area contributed by atoms with Crippen LogP contribution in [0.3, 0.4) is 0 Å². The zero-order valence-corrected chi connectivity index (χ0v) is 11.1. The monoisotopic (exact) mass is 291 g/mol. The summed E-state index contributed by atoms with van der Waals surface area (Å²) in [7, 11) is 0. The van der Waals surface area contributed by atoms with Gasteiger partial charge in [0.15, 0.2) is 0 Å². The molecular formula is C11H15BrClNO. The van der Waals surface area contributed by atoms with Gasteiger partial charge in [-0.25, -0.2) is 0 Å². The van der Waals surface area contributed by atoms with E-state index in [1.54, 1.807) is 0 Å². The van der Waals surface area contributed by atoms with Crippen molar-refractivity contribution in [1.82, 2.24) is 5.32 Å². The Bertz CT molecular complexity index is 330. The fraction of sp³-hybridized carbons (Fsp3) is 0.455. The van der Waals surface area contributed by atoms with E-state index in [-0.39, 0.29) is 12.6 Å². The number of hydrogen-bond acceptors (Lipinski definition) is 2. The van der Waals surface area contributed by atoms with Crippen molar-refractivity contribution < 1.29 is 5.11 Å². The maximum absolute atomic E-state index is 9.31. The Hall–Kier alpha value is -0.0900. The van der Waals surface area contributed by atoms with Crippen LogP contribution in [0.15, 0.2) is 22.7 Å². The van der Waals surface area contributed by atoms with Gasteiger partial charge in [0.2, 0.25) is 0 Å². The molecule has 0 heterocycles. The van der Waals surface area contributed by atoms with Gasteiger partial charge in [-0.3, -0.25) is 0 Å². The molecule has 4 heteroatoms.